The van der Waals surface area contributed by atoms with Crippen LogP contribution in [0, 0.1) is 16.7 Å². The van der Waals surface area contributed by atoms with Crippen molar-refractivity contribution < 1.29 is 14.2 Å². The summed E-state index contributed by atoms with van der Waals surface area (Å²) < 4.78 is 16.3. The van der Waals surface area contributed by atoms with Gasteiger partial charge in [-0.05, 0) is 6.07 Å². The van der Waals surface area contributed by atoms with Gasteiger partial charge in [0, 0.05) is 17.0 Å². The first-order valence-electron chi connectivity index (χ1n) is 6.03. The van der Waals surface area contributed by atoms with E-state index in [0.29, 0.717) is 29.4 Å². The summed E-state index contributed by atoms with van der Waals surface area (Å²) in [5.74, 6) is 1.83. The molecular formula is C15H17NO3. The van der Waals surface area contributed by atoms with Crippen LogP contribution in [0.3, 0.4) is 0 Å². The monoisotopic (exact) mass is 259 g/mol. The van der Waals surface area contributed by atoms with Gasteiger partial charge in [-0.15, -0.1) is 0 Å². The van der Waals surface area contributed by atoms with Gasteiger partial charge in [-0.2, -0.15) is 5.26 Å². The highest BCUT2D eigenvalue weighted by Gasteiger charge is 2.25. The highest BCUT2D eigenvalue weighted by atomic mass is 16.5. The van der Waals surface area contributed by atoms with Gasteiger partial charge in [0.25, 0.3) is 0 Å². The maximum absolute atomic E-state index is 9.34. The van der Waals surface area contributed by atoms with Gasteiger partial charge in [0.05, 0.1) is 32.5 Å². The Balaban J connectivity index is 2.62. The third kappa shape index (κ3) is 2.50. The minimum atomic E-state index is -0.190. The Morgan fingerprint density at radius 1 is 1.21 bits per heavy atom. The largest absolute Gasteiger partial charge is 0.493 e. The van der Waals surface area contributed by atoms with E-state index in [9.17, 15) is 5.26 Å². The first-order chi connectivity index (χ1) is 9.00. The molecule has 1 heterocycles. The number of nitrogens with zero attached hydrogens (tertiary/aromatic N) is 1. The summed E-state index contributed by atoms with van der Waals surface area (Å²) in [7, 11) is 3.15. The molecule has 0 saturated carbocycles. The Bertz CT molecular complexity index is 567. The lowest BCUT2D eigenvalue weighted by atomic mass is 9.91. The summed E-state index contributed by atoms with van der Waals surface area (Å²) in [4.78, 5) is 0. The van der Waals surface area contributed by atoms with Crippen molar-refractivity contribution in [2.75, 3.05) is 20.8 Å². The Labute approximate surface area is 113 Å². The molecule has 0 spiro atoms. The molecule has 1 aromatic carbocycles. The molecule has 0 fully saturated rings. The van der Waals surface area contributed by atoms with E-state index in [1.165, 1.54) is 0 Å². The maximum atomic E-state index is 9.34. The normalized spacial score (nSPS) is 16.3. The highest BCUT2D eigenvalue weighted by molar-refractivity contribution is 5.82. The summed E-state index contributed by atoms with van der Waals surface area (Å²) in [6.45, 7) is 4.58. The van der Waals surface area contributed by atoms with E-state index in [4.69, 9.17) is 14.2 Å². The van der Waals surface area contributed by atoms with Gasteiger partial charge in [-0.3, -0.25) is 0 Å². The zero-order chi connectivity index (χ0) is 14.0. The fourth-order valence-electron chi connectivity index (χ4n) is 2.06. The number of nitriles is 1. The topological polar surface area (TPSA) is 51.5 Å². The Kier molecular flexibility index (Phi) is 3.39. The van der Waals surface area contributed by atoms with E-state index in [0.717, 1.165) is 5.56 Å². The fourth-order valence-corrected chi connectivity index (χ4v) is 2.06. The molecule has 100 valence electrons. The molecule has 0 amide bonds. The number of fused-ring (bicyclic) bond motifs is 1. The van der Waals surface area contributed by atoms with Crippen molar-refractivity contribution in [2.45, 2.75) is 13.8 Å². The van der Waals surface area contributed by atoms with Gasteiger partial charge in [0.2, 0.25) is 0 Å². The van der Waals surface area contributed by atoms with Crippen LogP contribution in [0.4, 0.5) is 0 Å². The second-order valence-corrected chi connectivity index (χ2v) is 5.15. The molecular weight excluding hydrogens is 242 g/mol. The van der Waals surface area contributed by atoms with Crippen LogP contribution in [0.15, 0.2) is 18.2 Å². The number of hydrogen-bond donors (Lipinski definition) is 0. The molecule has 4 heteroatoms. The van der Waals surface area contributed by atoms with Crippen molar-refractivity contribution in [3.63, 3.8) is 0 Å². The lowest BCUT2D eigenvalue weighted by Crippen LogP contribution is -2.17. The smallest absolute Gasteiger partial charge is 0.164 e. The predicted molar refractivity (Wildman–Crippen MR) is 72.4 cm³/mol. The zero-order valence-corrected chi connectivity index (χ0v) is 11.6. The number of benzene rings is 1. The molecule has 0 saturated heterocycles. The third-order valence-electron chi connectivity index (χ3n) is 3.03. The molecule has 2 rings (SSSR count). The molecule has 0 radical (unpaired) electrons. The zero-order valence-electron chi connectivity index (χ0n) is 11.6. The van der Waals surface area contributed by atoms with Gasteiger partial charge >= 0.3 is 0 Å². The molecule has 1 aromatic rings. The first kappa shape index (κ1) is 13.3. The Morgan fingerprint density at radius 3 is 2.42 bits per heavy atom. The SMILES string of the molecule is COc1cc2c(cc1OC)C(C#N)=CC(C)(C)CO2. The van der Waals surface area contributed by atoms with Gasteiger partial charge < -0.3 is 14.2 Å². The molecule has 0 aliphatic carbocycles. The average molecular weight is 259 g/mol. The number of rotatable bonds is 2. The van der Waals surface area contributed by atoms with Crippen molar-refractivity contribution in [3.8, 4) is 23.3 Å². The lowest BCUT2D eigenvalue weighted by molar-refractivity contribution is 0.223. The minimum Gasteiger partial charge on any atom is -0.493 e. The third-order valence-corrected chi connectivity index (χ3v) is 3.03. The number of ether oxygens (including phenoxy) is 3. The van der Waals surface area contributed by atoms with E-state index in [1.807, 2.05) is 19.9 Å². The average Bonchev–Trinajstić information content (AvgIpc) is 2.53. The highest BCUT2D eigenvalue weighted by Crippen LogP contribution is 2.41. The molecule has 4 nitrogen and oxygen atoms in total. The van der Waals surface area contributed by atoms with Crippen molar-refractivity contribution in [1.29, 1.82) is 5.26 Å². The first-order valence-corrected chi connectivity index (χ1v) is 6.03. The minimum absolute atomic E-state index is 0.190. The van der Waals surface area contributed by atoms with Gasteiger partial charge in [0.15, 0.2) is 11.5 Å². The van der Waals surface area contributed by atoms with Gasteiger partial charge in [-0.25, -0.2) is 0 Å². The Morgan fingerprint density at radius 2 is 1.84 bits per heavy atom. The van der Waals surface area contributed by atoms with Crippen molar-refractivity contribution in [3.05, 3.63) is 23.8 Å². The molecule has 1 aliphatic rings. The van der Waals surface area contributed by atoms with E-state index >= 15 is 0 Å². The number of methoxy groups -OCH3 is 2. The van der Waals surface area contributed by atoms with Crippen LogP contribution in [-0.2, 0) is 0 Å². The summed E-state index contributed by atoms with van der Waals surface area (Å²) >= 11 is 0. The lowest BCUT2D eigenvalue weighted by Gasteiger charge is -2.18. The quantitative estimate of drug-likeness (QED) is 0.819. The molecule has 0 bridgehead atoms. The molecule has 0 unspecified atom stereocenters. The Hall–Kier alpha value is -2.15. The van der Waals surface area contributed by atoms with E-state index < -0.39 is 0 Å². The molecule has 19 heavy (non-hydrogen) atoms. The second kappa shape index (κ2) is 4.85. The van der Waals surface area contributed by atoms with E-state index in [-0.39, 0.29) is 5.41 Å². The van der Waals surface area contributed by atoms with E-state index in [2.05, 4.69) is 6.07 Å². The number of hydrogen-bond acceptors (Lipinski definition) is 4. The molecule has 0 N–H and O–H groups in total. The molecule has 0 aromatic heterocycles. The van der Waals surface area contributed by atoms with Crippen LogP contribution in [0.2, 0.25) is 0 Å². The van der Waals surface area contributed by atoms with Crippen LogP contribution in [-0.4, -0.2) is 20.8 Å². The second-order valence-electron chi connectivity index (χ2n) is 5.15. The summed E-state index contributed by atoms with van der Waals surface area (Å²) in [6.07, 6.45) is 1.94. The van der Waals surface area contributed by atoms with Crippen molar-refractivity contribution in [1.82, 2.24) is 0 Å². The van der Waals surface area contributed by atoms with Crippen LogP contribution in [0.5, 0.6) is 17.2 Å². The van der Waals surface area contributed by atoms with Gasteiger partial charge in [0.1, 0.15) is 5.75 Å². The van der Waals surface area contributed by atoms with Crippen LogP contribution >= 0.6 is 0 Å². The van der Waals surface area contributed by atoms with E-state index in [1.54, 1.807) is 26.4 Å². The summed E-state index contributed by atoms with van der Waals surface area (Å²) in [5, 5.41) is 9.34. The van der Waals surface area contributed by atoms with Crippen molar-refractivity contribution >= 4 is 5.57 Å². The summed E-state index contributed by atoms with van der Waals surface area (Å²) in [5.41, 5.74) is 1.15. The predicted octanol–water partition coefficient (Wildman–Crippen LogP) is 3.03. The van der Waals surface area contributed by atoms with Crippen LogP contribution in [0.1, 0.15) is 19.4 Å². The van der Waals surface area contributed by atoms with Crippen LogP contribution < -0.4 is 14.2 Å². The van der Waals surface area contributed by atoms with Crippen LogP contribution in [0.25, 0.3) is 5.57 Å². The molecule has 1 aliphatic heterocycles. The maximum Gasteiger partial charge on any atom is 0.164 e. The summed E-state index contributed by atoms with van der Waals surface area (Å²) in [6, 6.07) is 5.78. The van der Waals surface area contributed by atoms with Gasteiger partial charge in [-0.1, -0.05) is 19.9 Å². The number of allylic oxidation sites excluding steroid dienone is 1. The standard InChI is InChI=1S/C15H17NO3/c1-15(2)7-10(8-16)11-5-13(17-3)14(18-4)6-12(11)19-9-15/h5-7H,9H2,1-4H3. The molecule has 0 atom stereocenters. The fraction of sp³-hybridized carbons (Fsp3) is 0.400. The van der Waals surface area contributed by atoms with Crippen molar-refractivity contribution in [2.24, 2.45) is 5.41 Å².